The van der Waals surface area contributed by atoms with Crippen molar-refractivity contribution in [1.82, 2.24) is 0 Å². The normalized spacial score (nSPS) is 10.4. The van der Waals surface area contributed by atoms with Gasteiger partial charge in [0.05, 0.1) is 22.3 Å². The number of phenols is 6. The Morgan fingerprint density at radius 2 is 0.676 bits per heavy atom. The lowest BCUT2D eigenvalue weighted by atomic mass is 10.1. The summed E-state index contributed by atoms with van der Waals surface area (Å²) in [5.74, 6) is -9.75. The van der Waals surface area contributed by atoms with E-state index in [1.54, 1.807) is 0 Å². The first kappa shape index (κ1) is 23.4. The molecule has 12 nitrogen and oxygen atoms in total. The summed E-state index contributed by atoms with van der Waals surface area (Å²) in [6, 6.07) is 7.42. The van der Waals surface area contributed by atoms with Gasteiger partial charge in [0.25, 0.3) is 0 Å². The van der Waals surface area contributed by atoms with E-state index in [0.717, 1.165) is 48.5 Å². The second kappa shape index (κ2) is 9.08. The van der Waals surface area contributed by atoms with E-state index in [9.17, 15) is 49.8 Å². The molecule has 3 rings (SSSR count). The molecule has 0 aliphatic rings. The molecule has 0 amide bonds. The minimum Gasteiger partial charge on any atom is -0.504 e. The van der Waals surface area contributed by atoms with Crippen molar-refractivity contribution in [3.63, 3.8) is 0 Å². The SMILES string of the molecule is O=C(OC(=O)c1cc(O)c(O)c(O)c1)c1ccc(C(=O)OC(=O)c2cc(O)c(O)c(O)c2)cc1. The highest BCUT2D eigenvalue weighted by Crippen LogP contribution is 2.36. The van der Waals surface area contributed by atoms with Gasteiger partial charge in [-0.1, -0.05) is 0 Å². The van der Waals surface area contributed by atoms with Crippen LogP contribution in [0.15, 0.2) is 48.5 Å². The molecule has 34 heavy (non-hydrogen) atoms. The Hall–Kier alpha value is -5.26. The number of hydrogen-bond donors (Lipinski definition) is 6. The molecule has 0 saturated carbocycles. The monoisotopic (exact) mass is 470 g/mol. The number of ether oxygens (including phenoxy) is 2. The Morgan fingerprint density at radius 3 is 0.941 bits per heavy atom. The molecule has 0 aliphatic heterocycles. The molecule has 3 aromatic rings. The van der Waals surface area contributed by atoms with Gasteiger partial charge in [0.1, 0.15) is 0 Å². The predicted octanol–water partition coefficient (Wildman–Crippen LogP) is 1.91. The maximum atomic E-state index is 12.1. The van der Waals surface area contributed by atoms with Gasteiger partial charge in [0.2, 0.25) is 0 Å². The summed E-state index contributed by atoms with van der Waals surface area (Å²) in [4.78, 5) is 48.4. The predicted molar refractivity (Wildman–Crippen MR) is 109 cm³/mol. The second-order valence-corrected chi connectivity index (χ2v) is 6.66. The van der Waals surface area contributed by atoms with E-state index in [0.29, 0.717) is 0 Å². The number of rotatable bonds is 4. The second-order valence-electron chi connectivity index (χ2n) is 6.66. The van der Waals surface area contributed by atoms with Crippen molar-refractivity contribution < 1.29 is 59.3 Å². The van der Waals surface area contributed by atoms with Gasteiger partial charge in [0.15, 0.2) is 34.5 Å². The Morgan fingerprint density at radius 1 is 0.441 bits per heavy atom. The molecule has 0 unspecified atom stereocenters. The van der Waals surface area contributed by atoms with Crippen LogP contribution in [-0.4, -0.2) is 54.5 Å². The van der Waals surface area contributed by atoms with E-state index in [1.165, 1.54) is 0 Å². The van der Waals surface area contributed by atoms with Crippen LogP contribution in [0.5, 0.6) is 34.5 Å². The van der Waals surface area contributed by atoms with Crippen LogP contribution in [0.3, 0.4) is 0 Å². The molecule has 12 heteroatoms. The minimum atomic E-state index is -1.25. The Bertz CT molecular complexity index is 1180. The van der Waals surface area contributed by atoms with Gasteiger partial charge in [-0.2, -0.15) is 0 Å². The van der Waals surface area contributed by atoms with E-state index in [4.69, 9.17) is 0 Å². The zero-order chi connectivity index (χ0) is 25.2. The zero-order valence-electron chi connectivity index (χ0n) is 16.8. The zero-order valence-corrected chi connectivity index (χ0v) is 16.8. The van der Waals surface area contributed by atoms with E-state index in [2.05, 4.69) is 9.47 Å². The molecule has 0 spiro atoms. The fourth-order valence-electron chi connectivity index (χ4n) is 2.59. The van der Waals surface area contributed by atoms with Gasteiger partial charge in [-0.05, 0) is 48.5 Å². The van der Waals surface area contributed by atoms with Crippen molar-refractivity contribution in [1.29, 1.82) is 0 Å². The summed E-state index contributed by atoms with van der Waals surface area (Å²) in [5, 5.41) is 56.3. The topological polar surface area (TPSA) is 208 Å². The third kappa shape index (κ3) is 4.80. The number of hydrogen-bond acceptors (Lipinski definition) is 12. The van der Waals surface area contributed by atoms with Gasteiger partial charge in [-0.3, -0.25) is 0 Å². The largest absolute Gasteiger partial charge is 0.504 e. The first-order chi connectivity index (χ1) is 16.0. The first-order valence-electron chi connectivity index (χ1n) is 9.11. The maximum Gasteiger partial charge on any atom is 0.346 e. The summed E-state index contributed by atoms with van der Waals surface area (Å²) in [6.45, 7) is 0. The maximum absolute atomic E-state index is 12.1. The number of carbonyl (C=O) groups excluding carboxylic acids is 4. The summed E-state index contributed by atoms with van der Waals surface area (Å²) in [6.07, 6.45) is 0. The van der Waals surface area contributed by atoms with Crippen molar-refractivity contribution in [2.24, 2.45) is 0 Å². The number of benzene rings is 3. The van der Waals surface area contributed by atoms with Crippen molar-refractivity contribution in [2.45, 2.75) is 0 Å². The lowest BCUT2D eigenvalue weighted by molar-refractivity contribution is 0.0376. The third-order valence-electron chi connectivity index (χ3n) is 4.34. The van der Waals surface area contributed by atoms with Gasteiger partial charge < -0.3 is 40.1 Å². The average Bonchev–Trinajstić information content (AvgIpc) is 2.80. The average molecular weight is 470 g/mol. The highest BCUT2D eigenvalue weighted by atomic mass is 16.6. The van der Waals surface area contributed by atoms with Crippen LogP contribution < -0.4 is 0 Å². The van der Waals surface area contributed by atoms with Crippen LogP contribution in [-0.2, 0) is 9.47 Å². The minimum absolute atomic E-state index is 0.183. The molecular weight excluding hydrogens is 456 g/mol. The lowest BCUT2D eigenvalue weighted by Gasteiger charge is -2.07. The molecule has 6 N–H and O–H groups in total. The quantitative estimate of drug-likeness (QED) is 0.184. The van der Waals surface area contributed by atoms with Crippen LogP contribution in [0.1, 0.15) is 41.4 Å². The Balaban J connectivity index is 1.67. The summed E-state index contributed by atoms with van der Waals surface area (Å²) >= 11 is 0. The van der Waals surface area contributed by atoms with Crippen LogP contribution in [0.4, 0.5) is 0 Å². The Labute approximate surface area is 189 Å². The van der Waals surface area contributed by atoms with Gasteiger partial charge in [-0.15, -0.1) is 0 Å². The van der Waals surface area contributed by atoms with E-state index in [-0.39, 0.29) is 11.1 Å². The number of aromatic hydroxyl groups is 6. The smallest absolute Gasteiger partial charge is 0.346 e. The van der Waals surface area contributed by atoms with E-state index >= 15 is 0 Å². The van der Waals surface area contributed by atoms with Crippen LogP contribution >= 0.6 is 0 Å². The molecule has 0 radical (unpaired) electrons. The van der Waals surface area contributed by atoms with Crippen LogP contribution in [0.2, 0.25) is 0 Å². The highest BCUT2D eigenvalue weighted by molar-refractivity contribution is 6.05. The fourth-order valence-corrected chi connectivity index (χ4v) is 2.59. The number of esters is 4. The summed E-state index contributed by atoms with van der Waals surface area (Å²) < 4.78 is 9.21. The first-order valence-corrected chi connectivity index (χ1v) is 9.11. The van der Waals surface area contributed by atoms with Gasteiger partial charge in [-0.25, -0.2) is 19.2 Å². The summed E-state index contributed by atoms with van der Waals surface area (Å²) in [5.41, 5.74) is -1.22. The molecular formula is C22H14O12. The number of carbonyl (C=O) groups is 4. The highest BCUT2D eigenvalue weighted by Gasteiger charge is 2.21. The molecule has 0 bridgehead atoms. The number of phenolic OH excluding ortho intramolecular Hbond substituents is 6. The molecule has 0 fully saturated rings. The molecule has 174 valence electrons. The van der Waals surface area contributed by atoms with E-state index < -0.39 is 69.5 Å². The molecule has 3 aromatic carbocycles. The van der Waals surface area contributed by atoms with Crippen LogP contribution in [0, 0.1) is 0 Å². The van der Waals surface area contributed by atoms with Crippen molar-refractivity contribution in [3.8, 4) is 34.5 Å². The molecule has 0 heterocycles. The van der Waals surface area contributed by atoms with Crippen molar-refractivity contribution in [2.75, 3.05) is 0 Å². The fraction of sp³-hybridized carbons (Fsp3) is 0. The van der Waals surface area contributed by atoms with E-state index in [1.807, 2.05) is 0 Å². The third-order valence-corrected chi connectivity index (χ3v) is 4.34. The van der Waals surface area contributed by atoms with Crippen LogP contribution in [0.25, 0.3) is 0 Å². The molecule has 0 atom stereocenters. The standard InChI is InChI=1S/C22H14O12/c23-13-5-11(6-14(24)17(13)27)21(31)33-19(29)9-1-2-10(4-3-9)20(30)34-22(32)12-7-15(25)18(28)16(26)8-12/h1-8,23-28H. The van der Waals surface area contributed by atoms with Crippen molar-refractivity contribution >= 4 is 23.9 Å². The Kier molecular flexibility index (Phi) is 6.25. The molecule has 0 aliphatic carbocycles. The molecule has 0 saturated heterocycles. The van der Waals surface area contributed by atoms with Gasteiger partial charge in [0, 0.05) is 0 Å². The van der Waals surface area contributed by atoms with Gasteiger partial charge >= 0.3 is 23.9 Å². The summed E-state index contributed by atoms with van der Waals surface area (Å²) in [7, 11) is 0. The van der Waals surface area contributed by atoms with Crippen molar-refractivity contribution in [3.05, 3.63) is 70.8 Å². The lowest BCUT2D eigenvalue weighted by Crippen LogP contribution is -2.14. The molecule has 0 aromatic heterocycles.